The van der Waals surface area contributed by atoms with E-state index in [1.807, 2.05) is 18.2 Å². The van der Waals surface area contributed by atoms with Gasteiger partial charge in [-0.25, -0.2) is 0 Å². The lowest BCUT2D eigenvalue weighted by molar-refractivity contribution is 0.147. The highest BCUT2D eigenvalue weighted by Gasteiger charge is 2.19. The molecule has 1 aromatic carbocycles. The van der Waals surface area contributed by atoms with Crippen molar-refractivity contribution in [2.45, 2.75) is 26.3 Å². The molecule has 2 aromatic rings. The van der Waals surface area contributed by atoms with Gasteiger partial charge >= 0.3 is 0 Å². The first-order chi connectivity index (χ1) is 9.65. The van der Waals surface area contributed by atoms with E-state index in [4.69, 9.17) is 20.8 Å². The Morgan fingerprint density at radius 3 is 2.85 bits per heavy atom. The van der Waals surface area contributed by atoms with Crippen LogP contribution in [0.5, 0.6) is 0 Å². The smallest absolute Gasteiger partial charge is 0.152 e. The van der Waals surface area contributed by atoms with Crippen LogP contribution < -0.4 is 5.32 Å². The average molecular weight is 296 g/mol. The minimum atomic E-state index is 0.189. The largest absolute Gasteiger partial charge is 0.458 e. The second-order valence-electron chi connectivity index (χ2n) is 5.21. The van der Waals surface area contributed by atoms with Gasteiger partial charge in [-0.15, -0.1) is 0 Å². The van der Waals surface area contributed by atoms with Crippen molar-refractivity contribution < 1.29 is 9.15 Å². The molecule has 110 valence electrons. The predicted molar refractivity (Wildman–Crippen MR) is 83.3 cm³/mol. The minimum Gasteiger partial charge on any atom is -0.458 e. The second kappa shape index (κ2) is 7.11. The van der Waals surface area contributed by atoms with E-state index >= 15 is 0 Å². The van der Waals surface area contributed by atoms with Crippen LogP contribution in [0.15, 0.2) is 28.7 Å². The molecule has 0 aliphatic carbocycles. The summed E-state index contributed by atoms with van der Waals surface area (Å²) in [6, 6.07) is 8.09. The number of nitrogens with one attached hydrogen (secondary N) is 1. The average Bonchev–Trinajstić information content (AvgIpc) is 2.84. The van der Waals surface area contributed by atoms with E-state index in [1.165, 1.54) is 0 Å². The molecule has 1 N–H and O–H groups in total. The highest BCUT2D eigenvalue weighted by atomic mass is 35.5. The van der Waals surface area contributed by atoms with Crippen LogP contribution in [0.4, 0.5) is 0 Å². The van der Waals surface area contributed by atoms with Gasteiger partial charge in [0.2, 0.25) is 0 Å². The zero-order valence-corrected chi connectivity index (χ0v) is 13.0. The quantitative estimate of drug-likeness (QED) is 0.821. The number of hydrogen-bond donors (Lipinski definition) is 1. The number of hydrogen-bond acceptors (Lipinski definition) is 3. The molecule has 1 heterocycles. The Hall–Kier alpha value is -1.03. The van der Waals surface area contributed by atoms with Gasteiger partial charge in [0.05, 0.1) is 11.1 Å². The molecular weight excluding hydrogens is 274 g/mol. The molecule has 4 heteroatoms. The van der Waals surface area contributed by atoms with E-state index < -0.39 is 0 Å². The van der Waals surface area contributed by atoms with Crippen LogP contribution in [0, 0.1) is 5.92 Å². The number of furan rings is 1. The van der Waals surface area contributed by atoms with Crippen LogP contribution >= 0.6 is 11.6 Å². The van der Waals surface area contributed by atoms with Crippen LogP contribution in [0.3, 0.4) is 0 Å². The number of benzene rings is 1. The molecule has 0 aliphatic rings. The summed E-state index contributed by atoms with van der Waals surface area (Å²) >= 11 is 6.17. The van der Waals surface area contributed by atoms with Crippen molar-refractivity contribution in [2.24, 2.45) is 5.92 Å². The third kappa shape index (κ3) is 3.54. The highest BCUT2D eigenvalue weighted by molar-refractivity contribution is 6.34. The van der Waals surface area contributed by atoms with Gasteiger partial charge in [0.25, 0.3) is 0 Å². The Balaban J connectivity index is 2.24. The van der Waals surface area contributed by atoms with Crippen LogP contribution in [-0.2, 0) is 4.74 Å². The van der Waals surface area contributed by atoms with Gasteiger partial charge in [-0.3, -0.25) is 0 Å². The van der Waals surface area contributed by atoms with E-state index in [0.29, 0.717) is 10.9 Å². The summed E-state index contributed by atoms with van der Waals surface area (Å²) in [7, 11) is 1.74. The summed E-state index contributed by atoms with van der Waals surface area (Å²) in [5, 5.41) is 5.19. The van der Waals surface area contributed by atoms with E-state index in [1.54, 1.807) is 7.11 Å². The Morgan fingerprint density at radius 1 is 1.40 bits per heavy atom. The molecule has 3 nitrogen and oxygen atoms in total. The van der Waals surface area contributed by atoms with Gasteiger partial charge in [0.15, 0.2) is 5.58 Å². The molecule has 0 saturated carbocycles. The number of halogens is 1. The fourth-order valence-electron chi connectivity index (χ4n) is 2.52. The lowest BCUT2D eigenvalue weighted by Crippen LogP contribution is -2.23. The van der Waals surface area contributed by atoms with Crippen molar-refractivity contribution in [1.82, 2.24) is 5.32 Å². The molecule has 0 aliphatic heterocycles. The molecule has 0 bridgehead atoms. The number of para-hydroxylation sites is 1. The van der Waals surface area contributed by atoms with Crippen molar-refractivity contribution >= 4 is 22.6 Å². The first kappa shape index (κ1) is 15.4. The van der Waals surface area contributed by atoms with E-state index in [0.717, 1.165) is 36.3 Å². The third-order valence-corrected chi connectivity index (χ3v) is 3.70. The molecule has 0 saturated heterocycles. The molecule has 0 spiro atoms. The Labute approximate surface area is 125 Å². The lowest BCUT2D eigenvalue weighted by atomic mass is 10.0. The molecule has 0 fully saturated rings. The summed E-state index contributed by atoms with van der Waals surface area (Å²) in [4.78, 5) is 0. The topological polar surface area (TPSA) is 34.4 Å². The van der Waals surface area contributed by atoms with Crippen molar-refractivity contribution in [2.75, 3.05) is 20.3 Å². The fraction of sp³-hybridized carbons (Fsp3) is 0.500. The lowest BCUT2D eigenvalue weighted by Gasteiger charge is -2.19. The van der Waals surface area contributed by atoms with Crippen molar-refractivity contribution in [3.05, 3.63) is 35.0 Å². The van der Waals surface area contributed by atoms with Gasteiger partial charge in [0.1, 0.15) is 5.76 Å². The van der Waals surface area contributed by atoms with Gasteiger partial charge in [0, 0.05) is 19.1 Å². The van der Waals surface area contributed by atoms with E-state index in [-0.39, 0.29) is 6.04 Å². The predicted octanol–water partition coefficient (Wildman–Crippen LogP) is 4.41. The number of rotatable bonds is 7. The highest BCUT2D eigenvalue weighted by Crippen LogP contribution is 2.31. The standard InChI is InChI=1S/C16H22ClNO2/c1-4-18-14(8-11(2)10-19-3)15-9-12-6-5-7-13(17)16(12)20-15/h5-7,9,11,14,18H,4,8,10H2,1-3H3. The number of methoxy groups -OCH3 is 1. The van der Waals surface area contributed by atoms with Crippen molar-refractivity contribution in [3.8, 4) is 0 Å². The van der Waals surface area contributed by atoms with Gasteiger partial charge < -0.3 is 14.5 Å². The molecule has 0 radical (unpaired) electrons. The van der Waals surface area contributed by atoms with Crippen LogP contribution in [0.2, 0.25) is 5.02 Å². The van der Waals surface area contributed by atoms with E-state index in [2.05, 4.69) is 25.2 Å². The maximum atomic E-state index is 6.17. The molecular formula is C16H22ClNO2. The van der Waals surface area contributed by atoms with Gasteiger partial charge in [-0.2, -0.15) is 0 Å². The molecule has 2 atom stereocenters. The SMILES string of the molecule is CCNC(CC(C)COC)c1cc2cccc(Cl)c2o1. The Bertz CT molecular complexity index is 552. The summed E-state index contributed by atoms with van der Waals surface area (Å²) in [5.41, 5.74) is 0.770. The normalized spacial score (nSPS) is 14.6. The van der Waals surface area contributed by atoms with Crippen molar-refractivity contribution in [3.63, 3.8) is 0 Å². The van der Waals surface area contributed by atoms with Gasteiger partial charge in [-0.05, 0) is 31.0 Å². The number of ether oxygens (including phenoxy) is 1. The molecule has 2 unspecified atom stereocenters. The Kier molecular flexibility index (Phi) is 5.46. The summed E-state index contributed by atoms with van der Waals surface area (Å²) in [5.74, 6) is 1.41. The monoisotopic (exact) mass is 295 g/mol. The Morgan fingerprint density at radius 2 is 2.20 bits per heavy atom. The fourth-order valence-corrected chi connectivity index (χ4v) is 2.74. The third-order valence-electron chi connectivity index (χ3n) is 3.40. The summed E-state index contributed by atoms with van der Waals surface area (Å²) < 4.78 is 11.2. The van der Waals surface area contributed by atoms with Gasteiger partial charge in [-0.1, -0.05) is 37.6 Å². The molecule has 1 aromatic heterocycles. The zero-order chi connectivity index (χ0) is 14.5. The summed E-state index contributed by atoms with van der Waals surface area (Å²) in [6.07, 6.45) is 0.971. The zero-order valence-electron chi connectivity index (χ0n) is 12.3. The van der Waals surface area contributed by atoms with Crippen molar-refractivity contribution in [1.29, 1.82) is 0 Å². The van der Waals surface area contributed by atoms with E-state index in [9.17, 15) is 0 Å². The maximum Gasteiger partial charge on any atom is 0.152 e. The van der Waals surface area contributed by atoms with Crippen LogP contribution in [-0.4, -0.2) is 20.3 Å². The first-order valence-corrected chi connectivity index (χ1v) is 7.43. The maximum absolute atomic E-state index is 6.17. The second-order valence-corrected chi connectivity index (χ2v) is 5.62. The molecule has 0 amide bonds. The first-order valence-electron chi connectivity index (χ1n) is 7.06. The van der Waals surface area contributed by atoms with Crippen LogP contribution in [0.25, 0.3) is 11.0 Å². The van der Waals surface area contributed by atoms with Crippen LogP contribution in [0.1, 0.15) is 32.1 Å². The number of fused-ring (bicyclic) bond motifs is 1. The molecule has 2 rings (SSSR count). The summed E-state index contributed by atoms with van der Waals surface area (Å²) in [6.45, 7) is 5.94. The minimum absolute atomic E-state index is 0.189. The molecule has 20 heavy (non-hydrogen) atoms.